The van der Waals surface area contributed by atoms with Crippen LogP contribution < -0.4 is 0 Å². The number of halogens is 2. The van der Waals surface area contributed by atoms with E-state index in [0.29, 0.717) is 0 Å². The average Bonchev–Trinajstić information content (AvgIpc) is 2.05. The van der Waals surface area contributed by atoms with Crippen molar-refractivity contribution in [2.75, 3.05) is 0 Å². The maximum absolute atomic E-state index is 11.8. The smallest absolute Gasteiger partial charge is 0.269 e. The van der Waals surface area contributed by atoms with Gasteiger partial charge >= 0.3 is 0 Å². The Kier molecular flexibility index (Phi) is 2.43. The molecule has 0 aromatic carbocycles. The number of aromatic nitrogens is 2. The van der Waals surface area contributed by atoms with Crippen LogP contribution in [-0.4, -0.2) is 21.7 Å². The van der Waals surface area contributed by atoms with Crippen molar-refractivity contribution >= 4 is 0 Å². The molecule has 0 fully saturated rings. The fraction of sp³-hybridized carbons (Fsp3) is 0.333. The lowest BCUT2D eigenvalue weighted by molar-refractivity contribution is -0.00869. The van der Waals surface area contributed by atoms with E-state index >= 15 is 0 Å². The monoisotopic (exact) mass is 160 g/mol. The Morgan fingerprint density at radius 3 is 2.64 bits per heavy atom. The highest BCUT2D eigenvalue weighted by molar-refractivity contribution is 5.03. The third-order valence-electron chi connectivity index (χ3n) is 1.13. The Morgan fingerprint density at radius 1 is 1.45 bits per heavy atom. The molecule has 1 N–H and O–H groups in total. The zero-order valence-electron chi connectivity index (χ0n) is 5.48. The van der Waals surface area contributed by atoms with Gasteiger partial charge in [0.2, 0.25) is 0 Å². The number of hydrogen-bond acceptors (Lipinski definition) is 3. The van der Waals surface area contributed by atoms with Gasteiger partial charge in [0.1, 0.15) is 0 Å². The lowest BCUT2D eigenvalue weighted by Gasteiger charge is -2.05. The quantitative estimate of drug-likeness (QED) is 0.695. The number of aliphatic hydroxyl groups is 1. The van der Waals surface area contributed by atoms with Gasteiger partial charge in [0.15, 0.2) is 6.10 Å². The number of nitrogens with zero attached hydrogens (tertiary/aromatic N) is 2. The van der Waals surface area contributed by atoms with Crippen LogP contribution in [0.4, 0.5) is 8.78 Å². The molecule has 0 saturated heterocycles. The molecule has 0 radical (unpaired) electrons. The van der Waals surface area contributed by atoms with E-state index in [1.54, 1.807) is 0 Å². The molecule has 0 aliphatic heterocycles. The van der Waals surface area contributed by atoms with Crippen molar-refractivity contribution in [3.63, 3.8) is 0 Å². The first-order valence-electron chi connectivity index (χ1n) is 2.95. The SMILES string of the molecule is OC(c1cccnn1)C(F)F. The normalized spacial score (nSPS) is 13.5. The molecule has 0 spiro atoms. The maximum atomic E-state index is 11.8. The zero-order chi connectivity index (χ0) is 8.27. The summed E-state index contributed by atoms with van der Waals surface area (Å²) in [6.07, 6.45) is -3.29. The minimum absolute atomic E-state index is 0.109. The molecule has 0 saturated carbocycles. The minimum atomic E-state index is -2.81. The molecule has 1 aromatic rings. The largest absolute Gasteiger partial charge is 0.381 e. The second-order valence-electron chi connectivity index (χ2n) is 1.93. The van der Waals surface area contributed by atoms with Crippen LogP contribution >= 0.6 is 0 Å². The van der Waals surface area contributed by atoms with Crippen LogP contribution in [0.15, 0.2) is 18.3 Å². The van der Waals surface area contributed by atoms with Gasteiger partial charge in [-0.1, -0.05) is 0 Å². The molecule has 11 heavy (non-hydrogen) atoms. The van der Waals surface area contributed by atoms with Gasteiger partial charge < -0.3 is 5.11 Å². The summed E-state index contributed by atoms with van der Waals surface area (Å²) < 4.78 is 23.6. The Hall–Kier alpha value is -1.10. The van der Waals surface area contributed by atoms with Crippen molar-refractivity contribution < 1.29 is 13.9 Å². The molecule has 3 nitrogen and oxygen atoms in total. The molecule has 1 heterocycles. The second-order valence-corrected chi connectivity index (χ2v) is 1.93. The highest BCUT2D eigenvalue weighted by atomic mass is 19.3. The van der Waals surface area contributed by atoms with E-state index in [0.717, 1.165) is 0 Å². The summed E-state index contributed by atoms with van der Waals surface area (Å²) in [5.41, 5.74) is -0.109. The number of alkyl halides is 2. The molecule has 0 bridgehead atoms. The van der Waals surface area contributed by atoms with Crippen molar-refractivity contribution in [1.82, 2.24) is 10.2 Å². The molecule has 1 rings (SSSR count). The average molecular weight is 160 g/mol. The Morgan fingerprint density at radius 2 is 2.18 bits per heavy atom. The van der Waals surface area contributed by atoms with Crippen molar-refractivity contribution in [3.8, 4) is 0 Å². The van der Waals surface area contributed by atoms with Crippen LogP contribution in [0.2, 0.25) is 0 Å². The minimum Gasteiger partial charge on any atom is -0.381 e. The van der Waals surface area contributed by atoms with Crippen LogP contribution in [-0.2, 0) is 0 Å². The fourth-order valence-corrected chi connectivity index (χ4v) is 0.600. The Balaban J connectivity index is 2.77. The first-order valence-corrected chi connectivity index (χ1v) is 2.95. The fourth-order valence-electron chi connectivity index (χ4n) is 0.600. The van der Waals surface area contributed by atoms with E-state index < -0.39 is 12.5 Å². The van der Waals surface area contributed by atoms with Gasteiger partial charge in [-0.25, -0.2) is 8.78 Å². The third-order valence-corrected chi connectivity index (χ3v) is 1.13. The maximum Gasteiger partial charge on any atom is 0.269 e. The second kappa shape index (κ2) is 3.34. The van der Waals surface area contributed by atoms with Gasteiger partial charge in [-0.2, -0.15) is 10.2 Å². The highest BCUT2D eigenvalue weighted by Crippen LogP contribution is 2.16. The van der Waals surface area contributed by atoms with Gasteiger partial charge in [0.05, 0.1) is 5.69 Å². The zero-order valence-corrected chi connectivity index (χ0v) is 5.48. The molecule has 0 aliphatic rings. The Labute approximate surface area is 61.7 Å². The standard InChI is InChI=1S/C6H6F2N2O/c7-6(8)5(11)4-2-1-3-9-10-4/h1-3,5-6,11H. The van der Waals surface area contributed by atoms with E-state index in [9.17, 15) is 8.78 Å². The first kappa shape index (κ1) is 8.00. The third kappa shape index (κ3) is 1.91. The molecule has 0 amide bonds. The molecule has 1 aromatic heterocycles. The summed E-state index contributed by atoms with van der Waals surface area (Å²) in [4.78, 5) is 0. The summed E-state index contributed by atoms with van der Waals surface area (Å²) in [5, 5.41) is 15.4. The van der Waals surface area contributed by atoms with Gasteiger partial charge in [0.25, 0.3) is 6.43 Å². The van der Waals surface area contributed by atoms with Crippen LogP contribution in [0.25, 0.3) is 0 Å². The Bertz CT molecular complexity index is 217. The van der Waals surface area contributed by atoms with E-state index in [2.05, 4.69) is 10.2 Å². The number of hydrogen-bond donors (Lipinski definition) is 1. The van der Waals surface area contributed by atoms with Crippen LogP contribution in [0.5, 0.6) is 0 Å². The predicted molar refractivity (Wildman–Crippen MR) is 33.0 cm³/mol. The van der Waals surface area contributed by atoms with E-state index in [4.69, 9.17) is 5.11 Å². The molecular formula is C6H6F2N2O. The van der Waals surface area contributed by atoms with E-state index in [-0.39, 0.29) is 5.69 Å². The molecule has 1 unspecified atom stereocenters. The highest BCUT2D eigenvalue weighted by Gasteiger charge is 2.19. The lowest BCUT2D eigenvalue weighted by atomic mass is 10.2. The molecular weight excluding hydrogens is 154 g/mol. The summed E-state index contributed by atoms with van der Waals surface area (Å²) in [6.45, 7) is 0. The van der Waals surface area contributed by atoms with Crippen LogP contribution in [0.3, 0.4) is 0 Å². The summed E-state index contributed by atoms with van der Waals surface area (Å²) in [6, 6.07) is 2.73. The van der Waals surface area contributed by atoms with Crippen molar-refractivity contribution in [1.29, 1.82) is 0 Å². The number of rotatable bonds is 2. The van der Waals surface area contributed by atoms with E-state index in [1.165, 1.54) is 18.3 Å². The van der Waals surface area contributed by atoms with E-state index in [1.807, 2.05) is 0 Å². The summed E-state index contributed by atoms with van der Waals surface area (Å²) in [7, 11) is 0. The molecule has 0 aliphatic carbocycles. The van der Waals surface area contributed by atoms with Gasteiger partial charge in [-0.15, -0.1) is 0 Å². The lowest BCUT2D eigenvalue weighted by Crippen LogP contribution is -2.10. The topological polar surface area (TPSA) is 46.0 Å². The van der Waals surface area contributed by atoms with Gasteiger partial charge in [0, 0.05) is 6.20 Å². The predicted octanol–water partition coefficient (Wildman–Crippen LogP) is 0.775. The van der Waals surface area contributed by atoms with Crippen LogP contribution in [0.1, 0.15) is 11.8 Å². The van der Waals surface area contributed by atoms with Crippen molar-refractivity contribution in [2.45, 2.75) is 12.5 Å². The summed E-state index contributed by atoms with van der Waals surface area (Å²) in [5.74, 6) is 0. The summed E-state index contributed by atoms with van der Waals surface area (Å²) >= 11 is 0. The molecule has 5 heteroatoms. The molecule has 60 valence electrons. The van der Waals surface area contributed by atoms with Gasteiger partial charge in [-0.05, 0) is 12.1 Å². The number of aliphatic hydroxyl groups excluding tert-OH is 1. The van der Waals surface area contributed by atoms with Gasteiger partial charge in [-0.3, -0.25) is 0 Å². The molecule has 1 atom stereocenters. The van der Waals surface area contributed by atoms with Crippen molar-refractivity contribution in [2.24, 2.45) is 0 Å². The van der Waals surface area contributed by atoms with Crippen molar-refractivity contribution in [3.05, 3.63) is 24.0 Å². The first-order chi connectivity index (χ1) is 5.22. The van der Waals surface area contributed by atoms with Crippen LogP contribution in [0, 0.1) is 0 Å².